The van der Waals surface area contributed by atoms with Gasteiger partial charge in [0.1, 0.15) is 4.88 Å². The van der Waals surface area contributed by atoms with E-state index in [9.17, 15) is 9.59 Å². The second-order valence-electron chi connectivity index (χ2n) is 5.49. The number of hydrogen-bond acceptors (Lipinski definition) is 4. The van der Waals surface area contributed by atoms with E-state index in [1.807, 2.05) is 24.3 Å². The van der Waals surface area contributed by atoms with Crippen LogP contribution in [0.5, 0.6) is 0 Å². The summed E-state index contributed by atoms with van der Waals surface area (Å²) in [6, 6.07) is 9.08. The van der Waals surface area contributed by atoms with Gasteiger partial charge in [-0.2, -0.15) is 0 Å². The molecule has 0 aliphatic carbocycles. The zero-order valence-electron chi connectivity index (χ0n) is 13.1. The summed E-state index contributed by atoms with van der Waals surface area (Å²) in [7, 11) is 1.32. The van der Waals surface area contributed by atoms with Gasteiger partial charge >= 0.3 is 12.0 Å². The van der Waals surface area contributed by atoms with Gasteiger partial charge in [-0.15, -0.1) is 11.3 Å². The first kappa shape index (κ1) is 16.8. The van der Waals surface area contributed by atoms with Crippen LogP contribution in [0.4, 0.5) is 10.5 Å². The largest absolute Gasteiger partial charge is 0.465 e. The molecule has 1 aromatic carbocycles. The molecular weight excluding hydrogens is 348 g/mol. The molecule has 1 aromatic heterocycles. The Morgan fingerprint density at radius 2 is 2.04 bits per heavy atom. The summed E-state index contributed by atoms with van der Waals surface area (Å²) < 4.78 is 4.74. The summed E-state index contributed by atoms with van der Waals surface area (Å²) in [6.45, 7) is 0.677. The standard InChI is InChI=1S/C17H17ClN2O3S/c1-23-16(21)15-13(8-10-24-15)19-17(22)20-9-2-3-14(20)11-4-6-12(18)7-5-11/h4-8,10,14H,2-3,9H2,1H3,(H,19,22)/t14-/m1/s1. The fraction of sp³-hybridized carbons (Fsp3) is 0.294. The lowest BCUT2D eigenvalue weighted by Gasteiger charge is -2.25. The zero-order valence-corrected chi connectivity index (χ0v) is 14.7. The van der Waals surface area contributed by atoms with E-state index in [1.54, 1.807) is 16.3 Å². The van der Waals surface area contributed by atoms with Crippen LogP contribution < -0.4 is 5.32 Å². The Bertz CT molecular complexity index is 745. The number of amides is 2. The molecule has 0 spiro atoms. The fourth-order valence-electron chi connectivity index (χ4n) is 2.89. The van der Waals surface area contributed by atoms with Crippen molar-refractivity contribution in [2.75, 3.05) is 19.0 Å². The molecule has 1 fully saturated rings. The second-order valence-corrected chi connectivity index (χ2v) is 6.84. The summed E-state index contributed by atoms with van der Waals surface area (Å²) in [5.41, 5.74) is 1.55. The Hall–Kier alpha value is -2.05. The molecule has 2 aromatic rings. The SMILES string of the molecule is COC(=O)c1sccc1NC(=O)N1CCC[C@@H]1c1ccc(Cl)cc1. The maximum atomic E-state index is 12.7. The number of ether oxygens (including phenoxy) is 1. The van der Waals surface area contributed by atoms with Gasteiger partial charge in [0.15, 0.2) is 0 Å². The minimum absolute atomic E-state index is 0.0162. The van der Waals surface area contributed by atoms with E-state index in [2.05, 4.69) is 5.32 Å². The number of rotatable bonds is 3. The van der Waals surface area contributed by atoms with Crippen LogP contribution in [-0.2, 0) is 4.74 Å². The smallest absolute Gasteiger partial charge is 0.350 e. The van der Waals surface area contributed by atoms with Gasteiger partial charge in [0.2, 0.25) is 0 Å². The van der Waals surface area contributed by atoms with E-state index in [0.29, 0.717) is 22.1 Å². The van der Waals surface area contributed by atoms with Gasteiger partial charge in [-0.1, -0.05) is 23.7 Å². The van der Waals surface area contributed by atoms with Crippen molar-refractivity contribution in [2.45, 2.75) is 18.9 Å². The quantitative estimate of drug-likeness (QED) is 0.812. The molecule has 1 N–H and O–H groups in total. The Morgan fingerprint density at radius 1 is 1.29 bits per heavy atom. The van der Waals surface area contributed by atoms with E-state index in [0.717, 1.165) is 18.4 Å². The highest BCUT2D eigenvalue weighted by Gasteiger charge is 2.30. The van der Waals surface area contributed by atoms with Crippen molar-refractivity contribution >= 4 is 40.6 Å². The van der Waals surface area contributed by atoms with Gasteiger partial charge < -0.3 is 15.0 Å². The van der Waals surface area contributed by atoms with Gasteiger partial charge in [0.05, 0.1) is 18.8 Å². The number of methoxy groups -OCH3 is 1. The highest BCUT2D eigenvalue weighted by molar-refractivity contribution is 7.12. The number of hydrogen-bond donors (Lipinski definition) is 1. The zero-order chi connectivity index (χ0) is 17.1. The number of thiophene rings is 1. The van der Waals surface area contributed by atoms with E-state index >= 15 is 0 Å². The second kappa shape index (κ2) is 7.23. The van der Waals surface area contributed by atoms with Crippen LogP contribution in [0.3, 0.4) is 0 Å². The normalized spacial score (nSPS) is 16.9. The van der Waals surface area contributed by atoms with E-state index in [1.165, 1.54) is 18.4 Å². The van der Waals surface area contributed by atoms with Crippen LogP contribution in [0.25, 0.3) is 0 Å². The van der Waals surface area contributed by atoms with E-state index < -0.39 is 5.97 Å². The minimum Gasteiger partial charge on any atom is -0.465 e. The number of benzene rings is 1. The first-order valence-electron chi connectivity index (χ1n) is 7.59. The average Bonchev–Trinajstić information content (AvgIpc) is 3.24. The van der Waals surface area contributed by atoms with E-state index in [-0.39, 0.29) is 12.1 Å². The van der Waals surface area contributed by atoms with Crippen molar-refractivity contribution in [1.82, 2.24) is 4.90 Å². The Kier molecular flexibility index (Phi) is 5.06. The maximum Gasteiger partial charge on any atom is 0.350 e. The average molecular weight is 365 g/mol. The summed E-state index contributed by atoms with van der Waals surface area (Å²) in [5.74, 6) is -0.448. The van der Waals surface area contributed by atoms with Crippen molar-refractivity contribution in [3.05, 3.63) is 51.2 Å². The summed E-state index contributed by atoms with van der Waals surface area (Å²) in [5, 5.41) is 5.26. The number of nitrogens with zero attached hydrogens (tertiary/aromatic N) is 1. The number of likely N-dealkylation sites (tertiary alicyclic amines) is 1. The lowest BCUT2D eigenvalue weighted by Crippen LogP contribution is -2.34. The first-order valence-corrected chi connectivity index (χ1v) is 8.85. The van der Waals surface area contributed by atoms with Crippen molar-refractivity contribution < 1.29 is 14.3 Å². The lowest BCUT2D eigenvalue weighted by molar-refractivity contribution is 0.0607. The third-order valence-corrected chi connectivity index (χ3v) is 5.19. The summed E-state index contributed by atoms with van der Waals surface area (Å²) >= 11 is 7.18. The van der Waals surface area contributed by atoms with Gasteiger partial charge in [0.25, 0.3) is 0 Å². The van der Waals surface area contributed by atoms with Crippen LogP contribution in [0.1, 0.15) is 34.1 Å². The monoisotopic (exact) mass is 364 g/mol. The van der Waals surface area contributed by atoms with Crippen molar-refractivity contribution in [1.29, 1.82) is 0 Å². The van der Waals surface area contributed by atoms with Crippen LogP contribution >= 0.6 is 22.9 Å². The molecule has 5 nitrogen and oxygen atoms in total. The minimum atomic E-state index is -0.448. The molecule has 0 radical (unpaired) electrons. The highest BCUT2D eigenvalue weighted by Crippen LogP contribution is 2.33. The maximum absolute atomic E-state index is 12.7. The van der Waals surface area contributed by atoms with Crippen LogP contribution in [-0.4, -0.2) is 30.6 Å². The van der Waals surface area contributed by atoms with Gasteiger partial charge in [-0.3, -0.25) is 0 Å². The number of halogens is 1. The molecule has 3 rings (SSSR count). The van der Waals surface area contributed by atoms with Crippen LogP contribution in [0.2, 0.25) is 5.02 Å². The van der Waals surface area contributed by atoms with E-state index in [4.69, 9.17) is 16.3 Å². The third kappa shape index (κ3) is 3.39. The topological polar surface area (TPSA) is 58.6 Å². The Balaban J connectivity index is 1.76. The van der Waals surface area contributed by atoms with Crippen LogP contribution in [0, 0.1) is 0 Å². The molecule has 7 heteroatoms. The van der Waals surface area contributed by atoms with Crippen molar-refractivity contribution in [3.8, 4) is 0 Å². The van der Waals surface area contributed by atoms with Crippen molar-refractivity contribution in [3.63, 3.8) is 0 Å². The molecule has 24 heavy (non-hydrogen) atoms. The number of esters is 1. The Morgan fingerprint density at radius 3 is 2.75 bits per heavy atom. The number of nitrogens with one attached hydrogen (secondary N) is 1. The molecule has 0 unspecified atom stereocenters. The molecule has 2 heterocycles. The molecule has 1 aliphatic heterocycles. The molecule has 126 valence electrons. The molecule has 2 amide bonds. The van der Waals surface area contributed by atoms with Crippen molar-refractivity contribution in [2.24, 2.45) is 0 Å². The Labute approximate surface area is 149 Å². The molecule has 1 saturated heterocycles. The molecule has 0 saturated carbocycles. The predicted octanol–water partition coefficient (Wildman–Crippen LogP) is 4.56. The third-order valence-electron chi connectivity index (χ3n) is 4.05. The summed E-state index contributed by atoms with van der Waals surface area (Å²) in [6.07, 6.45) is 1.84. The fourth-order valence-corrected chi connectivity index (χ4v) is 3.78. The predicted molar refractivity (Wildman–Crippen MR) is 94.8 cm³/mol. The number of urea groups is 1. The molecule has 1 atom stereocenters. The summed E-state index contributed by atoms with van der Waals surface area (Å²) in [4.78, 5) is 26.6. The van der Waals surface area contributed by atoms with Gasteiger partial charge in [-0.25, -0.2) is 9.59 Å². The van der Waals surface area contributed by atoms with Gasteiger partial charge in [-0.05, 0) is 42.0 Å². The lowest BCUT2D eigenvalue weighted by atomic mass is 10.1. The first-order chi connectivity index (χ1) is 11.6. The number of anilines is 1. The number of carbonyl (C=O) groups is 2. The molecular formula is C17H17ClN2O3S. The molecule has 1 aliphatic rings. The van der Waals surface area contributed by atoms with Gasteiger partial charge in [0, 0.05) is 11.6 Å². The number of carbonyl (C=O) groups excluding carboxylic acids is 2. The highest BCUT2D eigenvalue weighted by atomic mass is 35.5. The molecule has 0 bridgehead atoms. The van der Waals surface area contributed by atoms with Crippen LogP contribution in [0.15, 0.2) is 35.7 Å².